The molecule has 152 valence electrons. The van der Waals surface area contributed by atoms with Gasteiger partial charge >= 0.3 is 18.0 Å². The number of imide groups is 2. The Bertz CT molecular complexity index is 577. The molecule has 1 heterocycles. The van der Waals surface area contributed by atoms with Crippen LogP contribution in [0.4, 0.5) is 9.59 Å². The van der Waals surface area contributed by atoms with E-state index >= 15 is 0 Å². The molecule has 9 nitrogen and oxygen atoms in total. The zero-order valence-electron chi connectivity index (χ0n) is 16.1. The standard InChI is InChI=1S/C18H29N3O6/c1-13-6-5-9-21(13,17(24)19-18(25)27-2)16(23)15(11-20(26)12-22)10-14-7-3-4-8-14/h12-15,26H,3-11H2,1-2H3/p+1/t13-,15-,21?/m1/s1. The van der Waals surface area contributed by atoms with Gasteiger partial charge in [0.15, 0.2) is 0 Å². The Kier molecular flexibility index (Phi) is 7.32. The van der Waals surface area contributed by atoms with Gasteiger partial charge in [-0.3, -0.25) is 10.0 Å². The van der Waals surface area contributed by atoms with Crippen LogP contribution in [0.1, 0.15) is 51.9 Å². The number of carbonyl (C=O) groups is 4. The molecule has 2 fully saturated rings. The van der Waals surface area contributed by atoms with Crippen LogP contribution in [0.2, 0.25) is 0 Å². The summed E-state index contributed by atoms with van der Waals surface area (Å²) in [5.41, 5.74) is 0. The molecule has 27 heavy (non-hydrogen) atoms. The highest BCUT2D eigenvalue weighted by molar-refractivity contribution is 5.93. The number of nitrogens with one attached hydrogen (secondary N) is 1. The smallest absolute Gasteiger partial charge is 0.433 e. The first-order chi connectivity index (χ1) is 12.8. The molecule has 3 atom stereocenters. The molecule has 1 saturated heterocycles. The van der Waals surface area contributed by atoms with Crippen molar-refractivity contribution in [1.29, 1.82) is 0 Å². The molecule has 0 aromatic heterocycles. The van der Waals surface area contributed by atoms with E-state index in [1.54, 1.807) is 0 Å². The van der Waals surface area contributed by atoms with Crippen LogP contribution in [0.15, 0.2) is 0 Å². The predicted octanol–water partition coefficient (Wildman–Crippen LogP) is 2.03. The minimum atomic E-state index is -0.909. The highest BCUT2D eigenvalue weighted by atomic mass is 16.5. The zero-order valence-corrected chi connectivity index (χ0v) is 16.1. The van der Waals surface area contributed by atoms with Gasteiger partial charge in [0.25, 0.3) is 0 Å². The van der Waals surface area contributed by atoms with Crippen LogP contribution in [0.5, 0.6) is 0 Å². The van der Waals surface area contributed by atoms with Crippen LogP contribution in [0, 0.1) is 11.8 Å². The van der Waals surface area contributed by atoms with E-state index in [1.807, 2.05) is 6.92 Å². The first kappa shape index (κ1) is 21.3. The van der Waals surface area contributed by atoms with Gasteiger partial charge in [-0.2, -0.15) is 4.48 Å². The number of amides is 5. The summed E-state index contributed by atoms with van der Waals surface area (Å²) in [6.45, 7) is 1.94. The number of hydroxylamine groups is 2. The van der Waals surface area contributed by atoms with Crippen LogP contribution >= 0.6 is 0 Å². The van der Waals surface area contributed by atoms with Crippen molar-refractivity contribution in [2.45, 2.75) is 57.9 Å². The largest absolute Gasteiger partial charge is 0.452 e. The molecule has 1 aliphatic heterocycles. The molecule has 2 N–H and O–H groups in total. The Morgan fingerprint density at radius 2 is 1.93 bits per heavy atom. The normalized spacial score (nSPS) is 26.4. The van der Waals surface area contributed by atoms with Gasteiger partial charge in [0.05, 0.1) is 26.1 Å². The average molecular weight is 384 g/mol. The van der Waals surface area contributed by atoms with E-state index < -0.39 is 22.5 Å². The number of rotatable bonds is 6. The van der Waals surface area contributed by atoms with Gasteiger partial charge in [0.2, 0.25) is 6.41 Å². The Balaban J connectivity index is 2.28. The maximum Gasteiger partial charge on any atom is 0.433 e. The molecule has 5 amide bonds. The van der Waals surface area contributed by atoms with Gasteiger partial charge < -0.3 is 4.74 Å². The van der Waals surface area contributed by atoms with E-state index in [1.165, 1.54) is 0 Å². The molecule has 2 aliphatic rings. The van der Waals surface area contributed by atoms with E-state index in [0.29, 0.717) is 30.2 Å². The summed E-state index contributed by atoms with van der Waals surface area (Å²) in [6, 6.07) is -1.000. The quantitative estimate of drug-likeness (QED) is 0.314. The second-order valence-corrected chi connectivity index (χ2v) is 7.65. The number of alkyl carbamates (subject to hydrolysis) is 1. The minimum Gasteiger partial charge on any atom is -0.452 e. The summed E-state index contributed by atoms with van der Waals surface area (Å²) in [5.74, 6) is -0.693. The van der Waals surface area contributed by atoms with E-state index in [-0.39, 0.29) is 31.4 Å². The second-order valence-electron chi connectivity index (χ2n) is 7.65. The molecular formula is C18H30N3O6+. The number of nitrogens with zero attached hydrogens (tertiary/aromatic N) is 2. The summed E-state index contributed by atoms with van der Waals surface area (Å²) in [5, 5.41) is 12.3. The number of quaternary nitrogens is 1. The first-order valence-electron chi connectivity index (χ1n) is 9.57. The lowest BCUT2D eigenvalue weighted by atomic mass is 9.91. The number of likely N-dealkylation sites (tertiary alicyclic amines) is 1. The van der Waals surface area contributed by atoms with Crippen molar-refractivity contribution >= 4 is 24.4 Å². The van der Waals surface area contributed by atoms with Gasteiger partial charge in [-0.05, 0) is 19.3 Å². The number of hydrogen-bond donors (Lipinski definition) is 2. The van der Waals surface area contributed by atoms with Crippen molar-refractivity contribution < 1.29 is 33.6 Å². The Morgan fingerprint density at radius 3 is 2.44 bits per heavy atom. The van der Waals surface area contributed by atoms with Crippen LogP contribution in [-0.2, 0) is 14.3 Å². The molecule has 9 heteroatoms. The van der Waals surface area contributed by atoms with E-state index in [0.717, 1.165) is 32.8 Å². The summed E-state index contributed by atoms with van der Waals surface area (Å²) in [7, 11) is 1.15. The van der Waals surface area contributed by atoms with Crippen molar-refractivity contribution in [3.05, 3.63) is 0 Å². The first-order valence-corrected chi connectivity index (χ1v) is 9.57. The van der Waals surface area contributed by atoms with Crippen LogP contribution in [0.3, 0.4) is 0 Å². The number of urea groups is 1. The van der Waals surface area contributed by atoms with E-state index in [9.17, 15) is 24.4 Å². The number of ether oxygens (including phenoxy) is 1. The molecule has 0 aromatic rings. The number of hydrogen-bond acceptors (Lipinski definition) is 6. The Morgan fingerprint density at radius 1 is 1.26 bits per heavy atom. The molecule has 1 saturated carbocycles. The van der Waals surface area contributed by atoms with Crippen molar-refractivity contribution in [2.75, 3.05) is 20.2 Å². The fourth-order valence-electron chi connectivity index (χ4n) is 4.54. The highest BCUT2D eigenvalue weighted by Gasteiger charge is 2.55. The summed E-state index contributed by atoms with van der Waals surface area (Å²) in [4.78, 5) is 48.9. The fraction of sp³-hybridized carbons (Fsp3) is 0.778. The van der Waals surface area contributed by atoms with Crippen LogP contribution in [-0.4, -0.2) is 65.4 Å². The van der Waals surface area contributed by atoms with Crippen molar-refractivity contribution in [3.8, 4) is 0 Å². The minimum absolute atomic E-state index is 0.156. The molecule has 1 aliphatic carbocycles. The molecular weight excluding hydrogens is 354 g/mol. The topological polar surface area (TPSA) is 113 Å². The molecule has 0 bridgehead atoms. The summed E-state index contributed by atoms with van der Waals surface area (Å²) in [6.07, 6.45) is 5.42. The van der Waals surface area contributed by atoms with Crippen LogP contribution < -0.4 is 5.32 Å². The third kappa shape index (κ3) is 4.65. The van der Waals surface area contributed by atoms with E-state index in [4.69, 9.17) is 0 Å². The number of methoxy groups -OCH3 is 1. The van der Waals surface area contributed by atoms with Crippen molar-refractivity contribution in [3.63, 3.8) is 0 Å². The van der Waals surface area contributed by atoms with Crippen molar-refractivity contribution in [1.82, 2.24) is 10.4 Å². The fourth-order valence-corrected chi connectivity index (χ4v) is 4.54. The van der Waals surface area contributed by atoms with Gasteiger partial charge in [-0.1, -0.05) is 25.7 Å². The Labute approximate surface area is 159 Å². The van der Waals surface area contributed by atoms with Gasteiger partial charge in [-0.25, -0.2) is 24.8 Å². The zero-order chi connectivity index (χ0) is 20.0. The lowest BCUT2D eigenvalue weighted by Gasteiger charge is -2.36. The molecule has 0 aromatic carbocycles. The summed E-state index contributed by atoms with van der Waals surface area (Å²) < 4.78 is 4.00. The predicted molar refractivity (Wildman–Crippen MR) is 94.4 cm³/mol. The van der Waals surface area contributed by atoms with Crippen molar-refractivity contribution in [2.24, 2.45) is 11.8 Å². The third-order valence-electron chi connectivity index (χ3n) is 6.01. The molecule has 1 unspecified atom stereocenters. The van der Waals surface area contributed by atoms with Gasteiger partial charge in [0, 0.05) is 12.8 Å². The highest BCUT2D eigenvalue weighted by Crippen LogP contribution is 2.35. The molecule has 0 spiro atoms. The summed E-state index contributed by atoms with van der Waals surface area (Å²) >= 11 is 0. The van der Waals surface area contributed by atoms with E-state index in [2.05, 4.69) is 10.1 Å². The van der Waals surface area contributed by atoms with Gasteiger partial charge in [-0.15, -0.1) is 0 Å². The van der Waals surface area contributed by atoms with Gasteiger partial charge in [0.1, 0.15) is 6.04 Å². The lowest BCUT2D eigenvalue weighted by molar-refractivity contribution is -0.786. The Hall–Kier alpha value is -2.00. The maximum atomic E-state index is 13.5. The lowest BCUT2D eigenvalue weighted by Crippen LogP contribution is -2.65. The maximum absolute atomic E-state index is 13.5. The number of carbonyl (C=O) groups excluding carboxylic acids is 4. The molecule has 0 radical (unpaired) electrons. The third-order valence-corrected chi connectivity index (χ3v) is 6.01. The second kappa shape index (κ2) is 9.27. The monoisotopic (exact) mass is 384 g/mol. The van der Waals surface area contributed by atoms with Crippen LogP contribution in [0.25, 0.3) is 0 Å². The SMILES string of the molecule is COC(=O)NC(=O)[N+]1(C(=O)[C@H](CC2CCCC2)CN(O)C=O)CCC[C@H]1C. The average Bonchev–Trinajstić information content (AvgIpc) is 3.30. The molecule has 2 rings (SSSR count).